The van der Waals surface area contributed by atoms with Gasteiger partial charge in [0.1, 0.15) is 11.5 Å². The maximum atomic E-state index is 12.6. The monoisotopic (exact) mass is 579 g/mol. The molecule has 2 aliphatic rings. The molecule has 2 aliphatic heterocycles. The van der Waals surface area contributed by atoms with Crippen LogP contribution in [-0.2, 0) is 0 Å². The Bertz CT molecular complexity index is 1210. The largest absolute Gasteiger partial charge is 0.506 e. The number of nitrogens with one attached hydrogen (secondary N) is 2. The Hall–Kier alpha value is -4.24. The maximum Gasteiger partial charge on any atom is 0.255 e. The molecule has 2 saturated heterocycles. The fraction of sp³-hybridized carbons (Fsp3) is 0.407. The van der Waals surface area contributed by atoms with Gasteiger partial charge in [-0.1, -0.05) is 0 Å². The van der Waals surface area contributed by atoms with Crippen LogP contribution in [0.3, 0.4) is 0 Å². The molecular weight excluding hydrogens is 526 g/mol. The van der Waals surface area contributed by atoms with E-state index in [1.807, 2.05) is 0 Å². The average molecular weight is 580 g/mol. The van der Waals surface area contributed by atoms with Gasteiger partial charge in [-0.2, -0.15) is 15.0 Å². The highest BCUT2D eigenvalue weighted by atomic mass is 16.5. The molecule has 0 spiro atoms. The number of carbonyl (C=O) groups is 1. The number of carbonyl (C=O) groups excluding carboxylic acids is 1. The summed E-state index contributed by atoms with van der Waals surface area (Å²) in [7, 11) is 1.57. The number of nitrogens with zero attached hydrogens (tertiary/aromatic N) is 5. The molecule has 3 heterocycles. The van der Waals surface area contributed by atoms with Crippen molar-refractivity contribution in [1.29, 1.82) is 0 Å². The van der Waals surface area contributed by atoms with E-state index in [1.54, 1.807) is 49.6 Å². The van der Waals surface area contributed by atoms with Gasteiger partial charge in [0.05, 0.1) is 12.8 Å². The van der Waals surface area contributed by atoms with Gasteiger partial charge in [0.15, 0.2) is 0 Å². The van der Waals surface area contributed by atoms with Crippen molar-refractivity contribution < 1.29 is 20.3 Å². The normalized spacial score (nSPS) is 14.3. The molecule has 0 saturated carbocycles. The molecule has 14 heteroatoms. The van der Waals surface area contributed by atoms with Crippen LogP contribution in [0.4, 0.5) is 29.2 Å². The number of phenols is 1. The first-order valence-electron chi connectivity index (χ1n) is 12.9. The van der Waals surface area contributed by atoms with Crippen LogP contribution in [-0.4, -0.2) is 59.3 Å². The van der Waals surface area contributed by atoms with E-state index in [0.717, 1.165) is 51.9 Å². The van der Waals surface area contributed by atoms with E-state index in [0.29, 0.717) is 40.5 Å². The number of rotatable bonds is 7. The van der Waals surface area contributed by atoms with Crippen LogP contribution >= 0.6 is 0 Å². The SMILES string of the molecule is COc1ccc(C(=O)Nc2ccc(Nc3nc(N4CCCCC4)nc(N4CCCCC4)n3)cc2O)cc1.N.N.N.N.[HH].[HH].[HH].[HH]. The number of hydrogen-bond donors (Lipinski definition) is 7. The lowest BCUT2D eigenvalue weighted by atomic mass is 10.1. The number of anilines is 5. The van der Waals surface area contributed by atoms with E-state index in [4.69, 9.17) is 19.7 Å². The number of hydrogen-bond acceptors (Lipinski definition) is 13. The predicted octanol–water partition coefficient (Wildman–Crippen LogP) is 6.19. The molecule has 41 heavy (non-hydrogen) atoms. The van der Waals surface area contributed by atoms with E-state index in [-0.39, 0.29) is 42.0 Å². The second-order valence-electron chi connectivity index (χ2n) is 9.39. The van der Waals surface area contributed by atoms with Gasteiger partial charge >= 0.3 is 0 Å². The summed E-state index contributed by atoms with van der Waals surface area (Å²) in [5.41, 5.74) is 1.38. The number of aromatic hydroxyl groups is 1. The Kier molecular flexibility index (Phi) is 13.7. The first kappa shape index (κ1) is 34.8. The lowest BCUT2D eigenvalue weighted by Crippen LogP contribution is -2.34. The highest BCUT2D eigenvalue weighted by Gasteiger charge is 2.20. The minimum atomic E-state index is -0.325. The van der Waals surface area contributed by atoms with Crippen LogP contribution in [0.1, 0.15) is 54.6 Å². The zero-order valence-corrected chi connectivity index (χ0v) is 23.9. The van der Waals surface area contributed by atoms with Crippen molar-refractivity contribution in [2.24, 2.45) is 0 Å². The van der Waals surface area contributed by atoms with E-state index < -0.39 is 0 Å². The molecule has 1 aromatic heterocycles. The van der Waals surface area contributed by atoms with Crippen LogP contribution in [0.2, 0.25) is 0 Å². The highest BCUT2D eigenvalue weighted by Crippen LogP contribution is 2.30. The smallest absolute Gasteiger partial charge is 0.255 e. The van der Waals surface area contributed by atoms with Crippen molar-refractivity contribution in [3.8, 4) is 11.5 Å². The minimum absolute atomic E-state index is 0. The summed E-state index contributed by atoms with van der Waals surface area (Å²) in [6.45, 7) is 3.75. The van der Waals surface area contributed by atoms with Crippen molar-refractivity contribution in [3.63, 3.8) is 0 Å². The Morgan fingerprint density at radius 2 is 1.34 bits per heavy atom. The number of piperidine rings is 2. The molecule has 5 rings (SSSR count). The fourth-order valence-corrected chi connectivity index (χ4v) is 4.66. The number of ether oxygens (including phenoxy) is 1. The molecule has 14 nitrogen and oxygen atoms in total. The molecule has 234 valence electrons. The summed E-state index contributed by atoms with van der Waals surface area (Å²) >= 11 is 0. The zero-order chi connectivity index (χ0) is 25.6. The van der Waals surface area contributed by atoms with E-state index >= 15 is 0 Å². The quantitative estimate of drug-likeness (QED) is 0.154. The number of aromatic nitrogens is 3. The zero-order valence-electron chi connectivity index (χ0n) is 23.9. The van der Waals surface area contributed by atoms with Gasteiger partial charge in [-0.25, -0.2) is 0 Å². The van der Waals surface area contributed by atoms with Crippen molar-refractivity contribution in [2.75, 3.05) is 53.7 Å². The van der Waals surface area contributed by atoms with E-state index in [1.165, 1.54) is 12.8 Å². The highest BCUT2D eigenvalue weighted by molar-refractivity contribution is 6.05. The summed E-state index contributed by atoms with van der Waals surface area (Å²) in [5, 5.41) is 16.6. The topological polar surface area (TPSA) is 256 Å². The molecule has 2 aromatic carbocycles. The van der Waals surface area contributed by atoms with Crippen LogP contribution in [0.15, 0.2) is 42.5 Å². The molecule has 0 bridgehead atoms. The van der Waals surface area contributed by atoms with E-state index in [9.17, 15) is 9.90 Å². The molecule has 0 aliphatic carbocycles. The summed E-state index contributed by atoms with van der Waals surface area (Å²) in [6, 6.07) is 11.7. The molecule has 0 radical (unpaired) electrons. The molecule has 3 aromatic rings. The molecule has 0 unspecified atom stereocenters. The second-order valence-corrected chi connectivity index (χ2v) is 9.39. The van der Waals surface area contributed by atoms with Gasteiger partial charge in [-0.3, -0.25) is 4.79 Å². The molecule has 1 amide bonds. The number of phenolic OH excluding ortho intramolecular Hbond substituents is 1. The lowest BCUT2D eigenvalue weighted by Gasteiger charge is -2.30. The standard InChI is InChI=1S/C27H33N7O3.4H3N.4H2/c1-37-21-11-8-19(9-12-21)24(36)29-22-13-10-20(18-23(22)35)28-25-30-26(33-14-4-2-5-15-33)32-27(31-25)34-16-6-3-7-17-34;;;;;;;;/h8-13,18,35H,2-7,14-17H2,1H3,(H,29,36)(H,28,30,31,32);4*1H3;4*1H. The Labute approximate surface area is 247 Å². The van der Waals surface area contributed by atoms with Crippen molar-refractivity contribution >= 4 is 35.1 Å². The van der Waals surface area contributed by atoms with E-state index in [2.05, 4.69) is 20.4 Å². The van der Waals surface area contributed by atoms with Gasteiger partial charge in [-0.05, 0) is 74.9 Å². The van der Waals surface area contributed by atoms with Crippen molar-refractivity contribution in [1.82, 2.24) is 39.6 Å². The second kappa shape index (κ2) is 16.1. The summed E-state index contributed by atoms with van der Waals surface area (Å²) in [4.78, 5) is 31.3. The van der Waals surface area contributed by atoms with Gasteiger partial charge in [0.25, 0.3) is 5.91 Å². The Morgan fingerprint density at radius 1 is 0.805 bits per heavy atom. The summed E-state index contributed by atoms with van der Waals surface area (Å²) < 4.78 is 5.13. The van der Waals surface area contributed by atoms with Crippen LogP contribution in [0.5, 0.6) is 11.5 Å². The van der Waals surface area contributed by atoms with Crippen LogP contribution < -0.4 is 49.8 Å². The average Bonchev–Trinajstić information content (AvgIpc) is 2.95. The third kappa shape index (κ3) is 8.62. The molecule has 2 fully saturated rings. The van der Waals surface area contributed by atoms with Crippen molar-refractivity contribution in [3.05, 3.63) is 48.0 Å². The Morgan fingerprint density at radius 3 is 1.83 bits per heavy atom. The number of amides is 1. The van der Waals surface area contributed by atoms with Gasteiger partial charge in [-0.15, -0.1) is 0 Å². The Balaban J connectivity index is -0.00000105. The van der Waals surface area contributed by atoms with Gasteiger partial charge in [0, 0.05) is 49.2 Å². The number of methoxy groups -OCH3 is 1. The number of benzene rings is 2. The maximum absolute atomic E-state index is 12.6. The third-order valence-electron chi connectivity index (χ3n) is 6.74. The van der Waals surface area contributed by atoms with Crippen LogP contribution in [0.25, 0.3) is 0 Å². The fourth-order valence-electron chi connectivity index (χ4n) is 4.66. The first-order chi connectivity index (χ1) is 18.1. The lowest BCUT2D eigenvalue weighted by molar-refractivity contribution is 0.102. The molecular formula is C27H53N11O3. The first-order valence-corrected chi connectivity index (χ1v) is 12.9. The summed E-state index contributed by atoms with van der Waals surface area (Å²) in [6.07, 6.45) is 6.98. The van der Waals surface area contributed by atoms with Crippen molar-refractivity contribution in [2.45, 2.75) is 38.5 Å². The third-order valence-corrected chi connectivity index (χ3v) is 6.74. The van der Waals surface area contributed by atoms with Gasteiger partial charge < -0.3 is 54.9 Å². The predicted molar refractivity (Wildman–Crippen MR) is 173 cm³/mol. The molecule has 0 atom stereocenters. The minimum Gasteiger partial charge on any atom is -0.506 e. The summed E-state index contributed by atoms with van der Waals surface area (Å²) in [5.74, 6) is 2.09. The van der Waals surface area contributed by atoms with Gasteiger partial charge in [0.2, 0.25) is 17.8 Å². The molecule has 15 N–H and O–H groups in total. The van der Waals surface area contributed by atoms with Crippen LogP contribution in [0, 0.1) is 0 Å².